The van der Waals surface area contributed by atoms with Gasteiger partial charge in [-0.05, 0) is 61.6 Å². The number of nitrogens with zero attached hydrogens (tertiary/aromatic N) is 2. The van der Waals surface area contributed by atoms with Gasteiger partial charge in [-0.2, -0.15) is 0 Å². The first-order valence-electron chi connectivity index (χ1n) is 9.06. The summed E-state index contributed by atoms with van der Waals surface area (Å²) in [5, 5.41) is 3.98. The highest BCUT2D eigenvalue weighted by Gasteiger charge is 2.43. The molecule has 2 aromatic rings. The predicted molar refractivity (Wildman–Crippen MR) is 117 cm³/mol. The molecule has 1 aliphatic heterocycles. The largest absolute Gasteiger partial charge is 0.326 e. The Balaban J connectivity index is 1.76. The van der Waals surface area contributed by atoms with Crippen molar-refractivity contribution in [3.8, 4) is 0 Å². The Morgan fingerprint density at radius 3 is 2.53 bits per heavy atom. The van der Waals surface area contributed by atoms with E-state index in [0.717, 1.165) is 10.5 Å². The Morgan fingerprint density at radius 2 is 1.90 bits per heavy atom. The van der Waals surface area contributed by atoms with Gasteiger partial charge in [0, 0.05) is 22.3 Å². The second-order valence-corrected chi connectivity index (χ2v) is 7.74. The number of anilines is 1. The summed E-state index contributed by atoms with van der Waals surface area (Å²) in [5.41, 5.74) is 3.17. The first-order chi connectivity index (χ1) is 14.3. The normalized spacial score (nSPS) is 16.0. The Labute approximate surface area is 186 Å². The molecule has 3 amide bonds. The second kappa shape index (κ2) is 9.31. The number of rotatable bonds is 6. The Kier molecular flexibility index (Phi) is 6.78. The summed E-state index contributed by atoms with van der Waals surface area (Å²) in [6, 6.07) is 11.1. The molecule has 3 rings (SSSR count). The number of carbonyl (C=O) groups excluding carboxylic acids is 3. The van der Waals surface area contributed by atoms with E-state index in [-0.39, 0.29) is 23.6 Å². The summed E-state index contributed by atoms with van der Waals surface area (Å²) in [5.74, 6) is -2.02. The molecular formula is C20H18BrFN4O3S. The maximum atomic E-state index is 13.4. The Hall–Kier alpha value is -2.85. The summed E-state index contributed by atoms with van der Waals surface area (Å²) in [6.45, 7) is 2.02. The number of hydrazine groups is 1. The molecule has 1 unspecified atom stereocenters. The Bertz CT molecular complexity index is 1000. The van der Waals surface area contributed by atoms with Crippen molar-refractivity contribution in [2.75, 3.05) is 11.9 Å². The van der Waals surface area contributed by atoms with Gasteiger partial charge in [0.1, 0.15) is 11.9 Å². The van der Waals surface area contributed by atoms with Gasteiger partial charge in [-0.3, -0.25) is 24.7 Å². The lowest BCUT2D eigenvalue weighted by molar-refractivity contribution is -0.130. The van der Waals surface area contributed by atoms with Gasteiger partial charge in [0.2, 0.25) is 5.91 Å². The summed E-state index contributed by atoms with van der Waals surface area (Å²) < 4.78 is 14.3. The van der Waals surface area contributed by atoms with Gasteiger partial charge in [0.05, 0.1) is 6.42 Å². The lowest BCUT2D eigenvalue weighted by Crippen LogP contribution is -2.49. The highest BCUT2D eigenvalue weighted by molar-refractivity contribution is 9.10. The molecule has 0 bridgehead atoms. The molecule has 30 heavy (non-hydrogen) atoms. The maximum absolute atomic E-state index is 13.4. The van der Waals surface area contributed by atoms with Gasteiger partial charge in [-0.15, -0.1) is 0 Å². The van der Waals surface area contributed by atoms with Gasteiger partial charge in [0.25, 0.3) is 11.8 Å². The molecule has 156 valence electrons. The van der Waals surface area contributed by atoms with Crippen molar-refractivity contribution < 1.29 is 18.8 Å². The Morgan fingerprint density at radius 1 is 1.20 bits per heavy atom. The van der Waals surface area contributed by atoms with E-state index in [4.69, 9.17) is 12.2 Å². The molecule has 2 N–H and O–H groups in total. The molecule has 0 aliphatic carbocycles. The highest BCUT2D eigenvalue weighted by Crippen LogP contribution is 2.21. The number of thiocarbonyl (C=S) groups is 1. The van der Waals surface area contributed by atoms with Crippen LogP contribution < -0.4 is 10.7 Å². The first kappa shape index (κ1) is 21.8. The molecule has 10 heteroatoms. The molecule has 7 nitrogen and oxygen atoms in total. The predicted octanol–water partition coefficient (Wildman–Crippen LogP) is 3.08. The van der Waals surface area contributed by atoms with Crippen LogP contribution >= 0.6 is 28.1 Å². The standard InChI is InChI=1S/C20H18BrFN4O3S/c1-2-25-19(29)16(11-17(27)23-15-8-6-13(21)7-9-15)26(20(25)30)24-18(28)12-4-3-5-14(22)10-12/h3-10,16H,2,11H2,1H3,(H,23,27)(H,24,28). The van der Waals surface area contributed by atoms with Crippen molar-refractivity contribution in [1.29, 1.82) is 0 Å². The quantitative estimate of drug-likeness (QED) is 0.605. The van der Waals surface area contributed by atoms with Gasteiger partial charge < -0.3 is 5.32 Å². The van der Waals surface area contributed by atoms with E-state index < -0.39 is 29.6 Å². The molecule has 0 aromatic heterocycles. The van der Waals surface area contributed by atoms with Crippen LogP contribution in [0, 0.1) is 5.82 Å². The van der Waals surface area contributed by atoms with Crippen LogP contribution in [0.1, 0.15) is 23.7 Å². The lowest BCUT2D eigenvalue weighted by Gasteiger charge is -2.24. The number of halogens is 2. The van der Waals surface area contributed by atoms with Crippen molar-refractivity contribution in [2.24, 2.45) is 0 Å². The number of benzene rings is 2. The zero-order valence-electron chi connectivity index (χ0n) is 15.9. The zero-order valence-corrected chi connectivity index (χ0v) is 18.3. The molecule has 0 spiro atoms. The number of likely N-dealkylation sites (N-methyl/N-ethyl adjacent to an activating group) is 1. The average molecular weight is 493 g/mol. The highest BCUT2D eigenvalue weighted by atomic mass is 79.9. The summed E-state index contributed by atoms with van der Waals surface area (Å²) >= 11 is 8.63. The third-order valence-electron chi connectivity index (χ3n) is 4.43. The van der Waals surface area contributed by atoms with Crippen LogP contribution in [0.25, 0.3) is 0 Å². The van der Waals surface area contributed by atoms with Gasteiger partial charge in [-0.25, -0.2) is 9.40 Å². The van der Waals surface area contributed by atoms with Gasteiger partial charge in [-0.1, -0.05) is 22.0 Å². The topological polar surface area (TPSA) is 81.8 Å². The monoisotopic (exact) mass is 492 g/mol. The summed E-state index contributed by atoms with van der Waals surface area (Å²) in [4.78, 5) is 39.1. The van der Waals surface area contributed by atoms with Crippen LogP contribution in [0.2, 0.25) is 0 Å². The number of amides is 3. The SMILES string of the molecule is CCN1C(=O)C(CC(=O)Nc2ccc(Br)cc2)N(NC(=O)c2cccc(F)c2)C1=S. The van der Waals surface area contributed by atoms with E-state index in [0.29, 0.717) is 5.69 Å². The average Bonchev–Trinajstić information content (AvgIpc) is 2.93. The fourth-order valence-electron chi connectivity index (χ4n) is 2.97. The van der Waals surface area contributed by atoms with E-state index in [1.54, 1.807) is 31.2 Å². The van der Waals surface area contributed by atoms with E-state index in [2.05, 4.69) is 26.7 Å². The molecular weight excluding hydrogens is 475 g/mol. The van der Waals surface area contributed by atoms with Crippen LogP contribution in [-0.4, -0.2) is 45.3 Å². The molecule has 1 fully saturated rings. The van der Waals surface area contributed by atoms with E-state index in [1.165, 1.54) is 28.1 Å². The van der Waals surface area contributed by atoms with Crippen molar-refractivity contribution in [2.45, 2.75) is 19.4 Å². The second-order valence-electron chi connectivity index (χ2n) is 6.46. The molecule has 1 heterocycles. The minimum Gasteiger partial charge on any atom is -0.326 e. The molecule has 0 radical (unpaired) electrons. The molecule has 2 aromatic carbocycles. The summed E-state index contributed by atoms with van der Waals surface area (Å²) in [7, 11) is 0. The van der Waals surface area contributed by atoms with Gasteiger partial charge >= 0.3 is 0 Å². The molecule has 1 atom stereocenters. The molecule has 1 aliphatic rings. The van der Waals surface area contributed by atoms with E-state index in [1.807, 2.05) is 0 Å². The van der Waals surface area contributed by atoms with Crippen LogP contribution in [0.15, 0.2) is 53.0 Å². The van der Waals surface area contributed by atoms with Crippen LogP contribution in [-0.2, 0) is 9.59 Å². The van der Waals surface area contributed by atoms with Crippen molar-refractivity contribution in [3.05, 3.63) is 64.4 Å². The molecule has 0 saturated carbocycles. The number of hydrogen-bond donors (Lipinski definition) is 2. The van der Waals surface area contributed by atoms with Crippen LogP contribution in [0.4, 0.5) is 10.1 Å². The number of hydrogen-bond acceptors (Lipinski definition) is 4. The fraction of sp³-hybridized carbons (Fsp3) is 0.200. The number of nitrogens with one attached hydrogen (secondary N) is 2. The van der Waals surface area contributed by atoms with Crippen molar-refractivity contribution in [1.82, 2.24) is 15.3 Å². The summed E-state index contributed by atoms with van der Waals surface area (Å²) in [6.07, 6.45) is -0.227. The van der Waals surface area contributed by atoms with Crippen molar-refractivity contribution >= 4 is 56.7 Å². The number of carbonyl (C=O) groups is 3. The minimum atomic E-state index is -1.01. The fourth-order valence-corrected chi connectivity index (χ4v) is 3.62. The van der Waals surface area contributed by atoms with Crippen molar-refractivity contribution in [3.63, 3.8) is 0 Å². The smallest absolute Gasteiger partial charge is 0.269 e. The third kappa shape index (κ3) is 4.82. The zero-order chi connectivity index (χ0) is 21.8. The van der Waals surface area contributed by atoms with E-state index in [9.17, 15) is 18.8 Å². The maximum Gasteiger partial charge on any atom is 0.269 e. The first-order valence-corrected chi connectivity index (χ1v) is 10.3. The van der Waals surface area contributed by atoms with E-state index >= 15 is 0 Å². The molecule has 1 saturated heterocycles. The third-order valence-corrected chi connectivity index (χ3v) is 5.38. The van der Waals surface area contributed by atoms with Gasteiger partial charge in [0.15, 0.2) is 5.11 Å². The van der Waals surface area contributed by atoms with Crippen LogP contribution in [0.5, 0.6) is 0 Å². The van der Waals surface area contributed by atoms with Crippen LogP contribution in [0.3, 0.4) is 0 Å². The minimum absolute atomic E-state index is 0.0678. The lowest BCUT2D eigenvalue weighted by atomic mass is 10.1.